The molecular weight excluding hydrogens is 276 g/mol. The minimum Gasteiger partial charge on any atom is -0.334 e. The third kappa shape index (κ3) is 3.65. The van der Waals surface area contributed by atoms with E-state index in [9.17, 15) is 10.0 Å². The predicted molar refractivity (Wildman–Crippen MR) is 91.0 cm³/mol. The van der Waals surface area contributed by atoms with Gasteiger partial charge in [-0.3, -0.25) is 4.79 Å². The fourth-order valence-electron chi connectivity index (χ4n) is 3.48. The van der Waals surface area contributed by atoms with Crippen molar-refractivity contribution in [3.05, 3.63) is 0 Å². The zero-order chi connectivity index (χ0) is 17.2. The molecule has 1 amide bonds. The first-order valence-electron chi connectivity index (χ1n) is 8.84. The Kier molecular flexibility index (Phi) is 6.07. The maximum Gasteiger partial charge on any atom is 0.245 e. The Balaban J connectivity index is 3.29. The Hall–Kier alpha value is -0.610. The van der Waals surface area contributed by atoms with Gasteiger partial charge >= 0.3 is 0 Å². The van der Waals surface area contributed by atoms with Crippen LogP contribution < -0.4 is 0 Å². The van der Waals surface area contributed by atoms with Gasteiger partial charge in [0.2, 0.25) is 5.91 Å². The summed E-state index contributed by atoms with van der Waals surface area (Å²) in [6.07, 6.45) is 5.45. The molecule has 1 rings (SSSR count). The molecule has 0 aromatic carbocycles. The summed E-state index contributed by atoms with van der Waals surface area (Å²) in [5, 5.41) is 12.3. The smallest absolute Gasteiger partial charge is 0.245 e. The van der Waals surface area contributed by atoms with Crippen LogP contribution in [0.25, 0.3) is 0 Å². The number of hydrogen-bond acceptors (Lipinski definition) is 3. The molecule has 0 atom stereocenters. The molecule has 1 N–H and O–H groups in total. The Morgan fingerprint density at radius 1 is 1.09 bits per heavy atom. The van der Waals surface area contributed by atoms with Crippen LogP contribution in [0.5, 0.6) is 0 Å². The molecule has 0 unspecified atom stereocenters. The number of amides is 1. The second-order valence-corrected chi connectivity index (χ2v) is 8.43. The third-order valence-corrected chi connectivity index (χ3v) is 4.86. The minimum absolute atomic E-state index is 0.101. The second-order valence-electron chi connectivity index (χ2n) is 8.43. The highest BCUT2D eigenvalue weighted by atomic mass is 16.5. The third-order valence-electron chi connectivity index (χ3n) is 4.86. The Morgan fingerprint density at radius 3 is 1.91 bits per heavy atom. The first kappa shape index (κ1) is 19.4. The van der Waals surface area contributed by atoms with Gasteiger partial charge in [-0.05, 0) is 47.5 Å². The van der Waals surface area contributed by atoms with Crippen LogP contribution >= 0.6 is 0 Å². The SMILES string of the molecule is CCCCC1(CCCC)C(=O)N(C(C)(C)C)CC(C)(C)N1O. The fourth-order valence-corrected chi connectivity index (χ4v) is 3.48. The number of rotatable bonds is 6. The quantitative estimate of drug-likeness (QED) is 0.798. The van der Waals surface area contributed by atoms with Crippen LogP contribution in [0.4, 0.5) is 0 Å². The highest BCUT2D eigenvalue weighted by Gasteiger charge is 2.56. The predicted octanol–water partition coefficient (Wildman–Crippen LogP) is 4.22. The van der Waals surface area contributed by atoms with Gasteiger partial charge in [0.25, 0.3) is 0 Å². The molecule has 1 aliphatic rings. The van der Waals surface area contributed by atoms with E-state index >= 15 is 0 Å². The molecule has 0 saturated carbocycles. The summed E-state index contributed by atoms with van der Waals surface area (Å²) in [5.41, 5.74) is -1.41. The van der Waals surface area contributed by atoms with E-state index in [0.717, 1.165) is 38.5 Å². The van der Waals surface area contributed by atoms with Crippen molar-refractivity contribution >= 4 is 5.91 Å². The van der Waals surface area contributed by atoms with Crippen LogP contribution in [-0.4, -0.2) is 44.2 Å². The van der Waals surface area contributed by atoms with Gasteiger partial charge in [-0.2, -0.15) is 5.06 Å². The molecule has 4 nitrogen and oxygen atoms in total. The lowest BCUT2D eigenvalue weighted by molar-refractivity contribution is -0.264. The number of nitrogens with zero attached hydrogens (tertiary/aromatic N) is 2. The molecule has 4 heteroatoms. The monoisotopic (exact) mass is 312 g/mol. The van der Waals surface area contributed by atoms with Crippen LogP contribution in [-0.2, 0) is 4.79 Å². The highest BCUT2D eigenvalue weighted by molar-refractivity contribution is 5.88. The molecule has 0 bridgehead atoms. The molecule has 0 aliphatic carbocycles. The van der Waals surface area contributed by atoms with Crippen LogP contribution in [0.3, 0.4) is 0 Å². The summed E-state index contributed by atoms with van der Waals surface area (Å²) in [6, 6.07) is 0. The van der Waals surface area contributed by atoms with E-state index in [0.29, 0.717) is 6.54 Å². The maximum atomic E-state index is 13.3. The lowest BCUT2D eigenvalue weighted by Gasteiger charge is -2.57. The van der Waals surface area contributed by atoms with E-state index in [1.165, 1.54) is 5.06 Å². The zero-order valence-corrected chi connectivity index (χ0v) is 15.7. The van der Waals surface area contributed by atoms with E-state index in [4.69, 9.17) is 0 Å². The zero-order valence-electron chi connectivity index (χ0n) is 15.7. The normalized spacial score (nSPS) is 22.2. The van der Waals surface area contributed by atoms with Crippen molar-refractivity contribution in [3.8, 4) is 0 Å². The molecule has 0 aromatic rings. The second kappa shape index (κ2) is 6.88. The molecule has 0 radical (unpaired) electrons. The van der Waals surface area contributed by atoms with Gasteiger partial charge in [0.15, 0.2) is 0 Å². The van der Waals surface area contributed by atoms with Crippen molar-refractivity contribution in [2.45, 2.75) is 104 Å². The largest absolute Gasteiger partial charge is 0.334 e. The molecule has 1 aliphatic heterocycles. The number of carbonyl (C=O) groups excluding carboxylic acids is 1. The lowest BCUT2D eigenvalue weighted by atomic mass is 9.78. The van der Waals surface area contributed by atoms with Crippen molar-refractivity contribution in [1.29, 1.82) is 0 Å². The molecule has 1 fully saturated rings. The molecule has 0 aromatic heterocycles. The Morgan fingerprint density at radius 2 is 1.55 bits per heavy atom. The fraction of sp³-hybridized carbons (Fsp3) is 0.944. The molecule has 1 saturated heterocycles. The first-order valence-corrected chi connectivity index (χ1v) is 8.84. The minimum atomic E-state index is -0.763. The maximum absolute atomic E-state index is 13.3. The van der Waals surface area contributed by atoms with Crippen LogP contribution in [0, 0.1) is 0 Å². The van der Waals surface area contributed by atoms with Crippen molar-refractivity contribution in [3.63, 3.8) is 0 Å². The summed E-state index contributed by atoms with van der Waals surface area (Å²) in [4.78, 5) is 15.3. The van der Waals surface area contributed by atoms with Crippen LogP contribution in [0.2, 0.25) is 0 Å². The molecular formula is C18H36N2O2. The standard InChI is InChI=1S/C18H36N2O2/c1-8-10-12-18(13-11-9-2)15(21)19(16(3,4)5)14-17(6,7)20(18)22/h22H,8-14H2,1-7H3. The van der Waals surface area contributed by atoms with Gasteiger partial charge in [0, 0.05) is 12.1 Å². The van der Waals surface area contributed by atoms with E-state index < -0.39 is 11.1 Å². The average molecular weight is 312 g/mol. The topological polar surface area (TPSA) is 43.8 Å². The van der Waals surface area contributed by atoms with Crippen molar-refractivity contribution in [1.82, 2.24) is 9.96 Å². The summed E-state index contributed by atoms with van der Waals surface area (Å²) < 4.78 is 0. The van der Waals surface area contributed by atoms with E-state index in [2.05, 4.69) is 34.6 Å². The van der Waals surface area contributed by atoms with Gasteiger partial charge in [0.1, 0.15) is 5.54 Å². The highest BCUT2D eigenvalue weighted by Crippen LogP contribution is 2.41. The van der Waals surface area contributed by atoms with Crippen LogP contribution in [0.15, 0.2) is 0 Å². The van der Waals surface area contributed by atoms with Crippen molar-refractivity contribution < 1.29 is 10.0 Å². The number of carbonyl (C=O) groups is 1. The van der Waals surface area contributed by atoms with Gasteiger partial charge < -0.3 is 10.1 Å². The van der Waals surface area contributed by atoms with Gasteiger partial charge in [-0.1, -0.05) is 39.5 Å². The molecule has 0 spiro atoms. The molecule has 22 heavy (non-hydrogen) atoms. The van der Waals surface area contributed by atoms with Gasteiger partial charge in [0.05, 0.1) is 5.54 Å². The summed E-state index contributed by atoms with van der Waals surface area (Å²) in [5.74, 6) is 0.101. The van der Waals surface area contributed by atoms with Crippen molar-refractivity contribution in [2.24, 2.45) is 0 Å². The molecule has 1 heterocycles. The van der Waals surface area contributed by atoms with Crippen LogP contribution in [0.1, 0.15) is 87.0 Å². The lowest BCUT2D eigenvalue weighted by Crippen LogP contribution is -2.74. The van der Waals surface area contributed by atoms with Gasteiger partial charge in [-0.15, -0.1) is 0 Å². The summed E-state index contributed by atoms with van der Waals surface area (Å²) in [6.45, 7) is 15.1. The average Bonchev–Trinajstić information content (AvgIpc) is 2.42. The Labute approximate surface area is 136 Å². The molecule has 130 valence electrons. The van der Waals surface area contributed by atoms with E-state index in [1.807, 2.05) is 18.7 Å². The van der Waals surface area contributed by atoms with Crippen molar-refractivity contribution in [2.75, 3.05) is 6.54 Å². The number of piperazine rings is 1. The summed E-state index contributed by atoms with van der Waals surface area (Å²) >= 11 is 0. The first-order chi connectivity index (χ1) is 10.0. The Bertz CT molecular complexity index is 377. The number of hydrogen-bond donors (Lipinski definition) is 1. The number of unbranched alkanes of at least 4 members (excludes halogenated alkanes) is 2. The number of hydroxylamine groups is 2. The van der Waals surface area contributed by atoms with E-state index in [-0.39, 0.29) is 11.4 Å². The van der Waals surface area contributed by atoms with E-state index in [1.54, 1.807) is 0 Å². The van der Waals surface area contributed by atoms with Gasteiger partial charge in [-0.25, -0.2) is 0 Å². The summed E-state index contributed by atoms with van der Waals surface area (Å²) in [7, 11) is 0.